The van der Waals surface area contributed by atoms with Crippen LogP contribution >= 0.6 is 0 Å². The average Bonchev–Trinajstić information content (AvgIpc) is 3.66. The lowest BCUT2D eigenvalue weighted by Crippen LogP contribution is -2.50. The van der Waals surface area contributed by atoms with E-state index in [4.69, 9.17) is 20.4 Å². The minimum absolute atomic E-state index is 0.0838. The van der Waals surface area contributed by atoms with Crippen molar-refractivity contribution < 1.29 is 4.74 Å². The molecule has 2 fully saturated rings. The maximum absolute atomic E-state index is 6.49. The molecule has 0 aliphatic carbocycles. The molecule has 2 saturated heterocycles. The molecule has 11 nitrogen and oxygen atoms in total. The second-order valence-electron chi connectivity index (χ2n) is 10.3. The van der Waals surface area contributed by atoms with Crippen LogP contribution in [0, 0.1) is 5.41 Å². The lowest BCUT2D eigenvalue weighted by atomic mass is 9.73. The zero-order chi connectivity index (χ0) is 24.3. The number of nitrogens with zero attached hydrogens (tertiary/aromatic N) is 7. The van der Waals surface area contributed by atoms with Gasteiger partial charge in [0.2, 0.25) is 0 Å². The van der Waals surface area contributed by atoms with E-state index in [-0.39, 0.29) is 17.6 Å². The van der Waals surface area contributed by atoms with Crippen molar-refractivity contribution in [2.45, 2.75) is 44.8 Å². The van der Waals surface area contributed by atoms with Crippen LogP contribution < -0.4 is 15.5 Å². The Labute approximate surface area is 208 Å². The summed E-state index contributed by atoms with van der Waals surface area (Å²) in [7, 11) is 0. The fourth-order valence-corrected chi connectivity index (χ4v) is 6.14. The van der Waals surface area contributed by atoms with Crippen molar-refractivity contribution in [1.29, 1.82) is 0 Å². The van der Waals surface area contributed by atoms with Crippen LogP contribution in [0.25, 0.3) is 22.4 Å². The van der Waals surface area contributed by atoms with E-state index >= 15 is 0 Å². The summed E-state index contributed by atoms with van der Waals surface area (Å²) in [5.74, 6) is 1.67. The van der Waals surface area contributed by atoms with Gasteiger partial charge in [0.25, 0.3) is 0 Å². The number of piperidine rings is 1. The molecule has 0 amide bonds. The Morgan fingerprint density at radius 2 is 2.06 bits per heavy atom. The van der Waals surface area contributed by atoms with Gasteiger partial charge in [0.15, 0.2) is 17.0 Å². The molecule has 3 aliphatic rings. The highest BCUT2D eigenvalue weighted by Gasteiger charge is 2.47. The van der Waals surface area contributed by atoms with Crippen LogP contribution in [0.3, 0.4) is 0 Å². The van der Waals surface area contributed by atoms with Gasteiger partial charge >= 0.3 is 0 Å². The number of H-pyrrole nitrogens is 2. The number of rotatable bonds is 3. The summed E-state index contributed by atoms with van der Waals surface area (Å²) in [5.41, 5.74) is 12.3. The fourth-order valence-electron chi connectivity index (χ4n) is 6.14. The molecule has 0 saturated carbocycles. The number of hydrogen-bond acceptors (Lipinski definition) is 9. The fraction of sp³-hybridized carbons (Fsp3) is 0.480. The molecule has 0 bridgehead atoms. The quantitative estimate of drug-likeness (QED) is 0.399. The maximum Gasteiger partial charge on any atom is 0.183 e. The van der Waals surface area contributed by atoms with Crippen molar-refractivity contribution in [3.63, 3.8) is 0 Å². The molecule has 7 heterocycles. The normalized spacial score (nSPS) is 23.5. The van der Waals surface area contributed by atoms with E-state index in [1.165, 1.54) is 5.56 Å². The Hall–Kier alpha value is -3.57. The minimum atomic E-state index is 0.0838. The van der Waals surface area contributed by atoms with Gasteiger partial charge in [-0.1, -0.05) is 0 Å². The van der Waals surface area contributed by atoms with Crippen molar-refractivity contribution in [1.82, 2.24) is 35.3 Å². The summed E-state index contributed by atoms with van der Waals surface area (Å²) < 4.78 is 5.87. The van der Waals surface area contributed by atoms with E-state index in [0.29, 0.717) is 5.65 Å². The van der Waals surface area contributed by atoms with Gasteiger partial charge < -0.3 is 20.3 Å². The zero-order valence-electron chi connectivity index (χ0n) is 20.3. The first-order valence-corrected chi connectivity index (χ1v) is 12.7. The van der Waals surface area contributed by atoms with Gasteiger partial charge in [-0.05, 0) is 38.7 Å². The van der Waals surface area contributed by atoms with E-state index in [1.54, 1.807) is 0 Å². The van der Waals surface area contributed by atoms with Crippen molar-refractivity contribution >= 4 is 28.5 Å². The third-order valence-corrected chi connectivity index (χ3v) is 8.33. The van der Waals surface area contributed by atoms with Crippen molar-refractivity contribution in [2.24, 2.45) is 11.1 Å². The van der Waals surface area contributed by atoms with E-state index in [0.717, 1.165) is 86.0 Å². The predicted molar refractivity (Wildman–Crippen MR) is 136 cm³/mol. The second-order valence-corrected chi connectivity index (χ2v) is 10.3. The van der Waals surface area contributed by atoms with Crippen LogP contribution in [0.15, 0.2) is 30.9 Å². The van der Waals surface area contributed by atoms with Crippen LogP contribution in [-0.4, -0.2) is 73.7 Å². The summed E-state index contributed by atoms with van der Waals surface area (Å²) in [6.45, 7) is 5.49. The van der Waals surface area contributed by atoms with Crippen molar-refractivity contribution in [3.05, 3.63) is 36.4 Å². The third kappa shape index (κ3) is 3.30. The molecule has 7 rings (SSSR count). The molecular weight excluding hydrogens is 456 g/mol. The van der Waals surface area contributed by atoms with Gasteiger partial charge in [0, 0.05) is 60.3 Å². The first-order chi connectivity index (χ1) is 17.6. The Bertz CT molecular complexity index is 1390. The number of nitrogens with two attached hydrogens (primary N) is 1. The minimum Gasteiger partial charge on any atom is -0.376 e. The van der Waals surface area contributed by atoms with Crippen LogP contribution in [0.4, 0.5) is 17.3 Å². The first-order valence-electron chi connectivity index (χ1n) is 12.7. The smallest absolute Gasteiger partial charge is 0.183 e. The van der Waals surface area contributed by atoms with Crippen molar-refractivity contribution in [3.8, 4) is 11.3 Å². The molecule has 4 aromatic rings. The molecule has 0 radical (unpaired) electrons. The number of pyridine rings is 1. The van der Waals surface area contributed by atoms with Gasteiger partial charge in [0.1, 0.15) is 5.82 Å². The number of hydrogen-bond donors (Lipinski definition) is 3. The van der Waals surface area contributed by atoms with Crippen LogP contribution in [0.1, 0.15) is 31.7 Å². The highest BCUT2D eigenvalue weighted by atomic mass is 16.5. The molecule has 0 aromatic carbocycles. The van der Waals surface area contributed by atoms with E-state index in [2.05, 4.69) is 48.2 Å². The van der Waals surface area contributed by atoms with E-state index < -0.39 is 0 Å². The molecule has 11 heteroatoms. The number of ether oxygens (including phenoxy) is 1. The topological polar surface area (TPSA) is 138 Å². The molecule has 1 spiro atoms. The summed E-state index contributed by atoms with van der Waals surface area (Å²) in [4.78, 5) is 18.9. The maximum atomic E-state index is 6.49. The molecule has 2 atom stereocenters. The number of aromatic amines is 2. The Kier molecular flexibility index (Phi) is 4.97. The molecule has 186 valence electrons. The average molecular weight is 487 g/mol. The van der Waals surface area contributed by atoms with Gasteiger partial charge in [-0.2, -0.15) is 10.2 Å². The molecule has 0 unspecified atom stereocenters. The Morgan fingerprint density at radius 3 is 2.83 bits per heavy atom. The highest BCUT2D eigenvalue weighted by molar-refractivity contribution is 5.88. The van der Waals surface area contributed by atoms with Crippen molar-refractivity contribution in [2.75, 3.05) is 36.0 Å². The lowest BCUT2D eigenvalue weighted by molar-refractivity contribution is 0.0974. The zero-order valence-corrected chi connectivity index (χ0v) is 20.3. The number of nitrogens with one attached hydrogen (secondary N) is 2. The lowest BCUT2D eigenvalue weighted by Gasteiger charge is -2.41. The van der Waals surface area contributed by atoms with Gasteiger partial charge in [-0.3, -0.25) is 15.2 Å². The van der Waals surface area contributed by atoms with Crippen LogP contribution in [0.2, 0.25) is 0 Å². The Balaban J connectivity index is 1.16. The van der Waals surface area contributed by atoms with E-state index in [9.17, 15) is 0 Å². The Morgan fingerprint density at radius 1 is 1.17 bits per heavy atom. The molecule has 3 aliphatic heterocycles. The van der Waals surface area contributed by atoms with Gasteiger partial charge in [0.05, 0.1) is 30.8 Å². The number of anilines is 3. The van der Waals surface area contributed by atoms with Gasteiger partial charge in [-0.15, -0.1) is 0 Å². The second kappa shape index (κ2) is 8.24. The summed E-state index contributed by atoms with van der Waals surface area (Å²) in [6.07, 6.45) is 11.5. The molecular formula is C25H30N10O. The van der Waals surface area contributed by atoms with Crippen LogP contribution in [-0.2, 0) is 11.2 Å². The highest BCUT2D eigenvalue weighted by Crippen LogP contribution is 2.42. The summed E-state index contributed by atoms with van der Waals surface area (Å²) >= 11 is 0. The summed E-state index contributed by atoms with van der Waals surface area (Å²) in [5, 5.41) is 14.8. The predicted octanol–water partition coefficient (Wildman–Crippen LogP) is 2.55. The first kappa shape index (κ1) is 21.7. The summed E-state index contributed by atoms with van der Waals surface area (Å²) in [6, 6.07) is 2.16. The number of fused-ring (bicyclic) bond motifs is 2. The standard InChI is InChI=1S/C25H30N10O/c1-15-22(26)25(14-36-15)5-9-34(10-6-25)19-13-28-21-23(31-19)32-33-24(21)35-8-2-3-17-18(35)4-7-27-20(17)16-11-29-30-12-16/h4,7,11-13,15,22H,2-3,5-6,8-10,14,26H2,1H3,(H,29,30)(H,31,32,33)/t15-,22+/m0/s1. The largest absolute Gasteiger partial charge is 0.376 e. The molecule has 4 aromatic heterocycles. The number of aromatic nitrogens is 7. The molecule has 4 N–H and O–H groups in total. The van der Waals surface area contributed by atoms with Gasteiger partial charge in [-0.25, -0.2) is 9.97 Å². The van der Waals surface area contributed by atoms with E-state index in [1.807, 2.05) is 24.8 Å². The SMILES string of the molecule is C[C@@H]1OCC2(CCN(c3cnc4c(N5CCCc6c5ccnc6-c5cn[nH]c5)n[nH]c4n3)CC2)[C@@H]1N. The molecule has 36 heavy (non-hydrogen) atoms. The third-order valence-electron chi connectivity index (χ3n) is 8.33. The van der Waals surface area contributed by atoms with Crippen LogP contribution in [0.5, 0.6) is 0 Å². The monoisotopic (exact) mass is 486 g/mol.